The maximum atomic E-state index is 12.6. The van der Waals surface area contributed by atoms with Gasteiger partial charge < -0.3 is 98.5 Å². The van der Waals surface area contributed by atoms with Crippen molar-refractivity contribution in [2.24, 2.45) is 41.4 Å². The van der Waals surface area contributed by atoms with Crippen molar-refractivity contribution >= 4 is 83.5 Å². The third kappa shape index (κ3) is 71.2. The molecule has 0 aliphatic heterocycles. The fourth-order valence-electron chi connectivity index (χ4n) is 10.2. The average Bonchev–Trinajstić information content (AvgIpc) is 0.934. The molecule has 0 aliphatic carbocycles. The van der Waals surface area contributed by atoms with Gasteiger partial charge in [-0.2, -0.15) is 0 Å². The molecule has 0 aromatic heterocycles. The minimum absolute atomic E-state index is 0.0767. The minimum atomic E-state index is -1.26. The van der Waals surface area contributed by atoms with Gasteiger partial charge in [0.1, 0.15) is 86.2 Å². The first-order valence-electron chi connectivity index (χ1n) is 46.8. The molecule has 34 nitrogen and oxygen atoms in total. The van der Waals surface area contributed by atoms with Gasteiger partial charge in [0, 0.05) is 28.3 Å². The second-order valence-electron chi connectivity index (χ2n) is 34.3. The molecular weight excluding hydrogens is 1770 g/mol. The molecule has 137 heavy (non-hydrogen) atoms. The molecule has 34 heteroatoms. The maximum absolute atomic E-state index is 12.6. The topological polar surface area (TPSA) is 479 Å². The van der Waals surface area contributed by atoms with Gasteiger partial charge in [-0.1, -0.05) is 274 Å². The van der Waals surface area contributed by atoms with Crippen LogP contribution in [0.3, 0.4) is 0 Å². The summed E-state index contributed by atoms with van der Waals surface area (Å²) < 4.78 is 61.1. The molecule has 0 heterocycles. The lowest BCUT2D eigenvalue weighted by atomic mass is 10.0. The number of carboxylic acids is 1. The van der Waals surface area contributed by atoms with Gasteiger partial charge >= 0.3 is 65.8 Å². The molecular formula is C103H172N4O30. The highest BCUT2D eigenvalue weighted by molar-refractivity contribution is 5.91. The van der Waals surface area contributed by atoms with Crippen molar-refractivity contribution in [2.45, 2.75) is 365 Å². The third-order valence-electron chi connectivity index (χ3n) is 17.0. The van der Waals surface area contributed by atoms with Crippen molar-refractivity contribution < 1.29 is 144 Å². The molecule has 4 rings (SSSR count). The first-order chi connectivity index (χ1) is 64.0. The van der Waals surface area contributed by atoms with E-state index in [2.05, 4.69) is 21.3 Å². The number of benzene rings is 4. The Hall–Kier alpha value is -10.9. The Bertz CT molecular complexity index is 3920. The van der Waals surface area contributed by atoms with E-state index in [1.807, 2.05) is 239 Å². The summed E-state index contributed by atoms with van der Waals surface area (Å²) >= 11 is 0. The maximum Gasteiger partial charge on any atom is 0.408 e. The SMILES string of the molecule is CC.CC.CC.CC.CC(=O)OC(C)(C)C.CC(C)C[C@@H](O)C(=O)N[C@@H](C(=O)O[C@@H](C)C(=O)OCc1ccccc1)C(C)C.CC(C)[C@@H](NC(=O)OC(C)(C)C)C(=O)O[C@@H](C)C(=O)OCc1ccccc1.CO.CO[C@H](CC(C)C)C(=O)N[C@@H](C(=O)O[C@@H](C)C(=O)O)C(C)C.CO[C@H](CC(C)C)C(=O)N[C@@H](C(=O)O[C@@H](C)C(=O)OCc1ccccc1)C(C)C.C[C@H](O)C(=O)OCc1ccccc1. The molecule has 0 saturated heterocycles. The molecule has 8 N–H and O–H groups in total. The van der Waals surface area contributed by atoms with E-state index in [-0.39, 0.29) is 91.8 Å². The van der Waals surface area contributed by atoms with Crippen molar-refractivity contribution in [3.05, 3.63) is 144 Å². The van der Waals surface area contributed by atoms with E-state index in [4.69, 9.17) is 72.2 Å². The summed E-state index contributed by atoms with van der Waals surface area (Å²) in [7, 11) is 3.89. The lowest BCUT2D eigenvalue weighted by Gasteiger charge is -2.25. The number of esters is 9. The number of methoxy groups -OCH3 is 2. The molecule has 0 aliphatic rings. The molecule has 0 bridgehead atoms. The van der Waals surface area contributed by atoms with Gasteiger partial charge in [-0.3, -0.25) is 19.2 Å². The summed E-state index contributed by atoms with van der Waals surface area (Å²) in [5.41, 5.74) is 2.38. The Labute approximate surface area is 816 Å². The van der Waals surface area contributed by atoms with Crippen LogP contribution in [0.15, 0.2) is 121 Å². The molecule has 0 saturated carbocycles. The van der Waals surface area contributed by atoms with E-state index in [0.717, 1.165) is 29.4 Å². The lowest BCUT2D eigenvalue weighted by Crippen LogP contribution is -2.50. The van der Waals surface area contributed by atoms with Crippen LogP contribution >= 0.6 is 0 Å². The zero-order valence-electron chi connectivity index (χ0n) is 88.9. The quantitative estimate of drug-likeness (QED) is 0.0151. The van der Waals surface area contributed by atoms with Crippen LogP contribution in [0.4, 0.5) is 4.79 Å². The van der Waals surface area contributed by atoms with Gasteiger partial charge in [0.25, 0.3) is 0 Å². The van der Waals surface area contributed by atoms with E-state index in [9.17, 15) is 72.2 Å². The van der Waals surface area contributed by atoms with Gasteiger partial charge in [0.15, 0.2) is 24.4 Å². The Morgan fingerprint density at radius 2 is 0.540 bits per heavy atom. The number of amides is 4. The van der Waals surface area contributed by atoms with Gasteiger partial charge in [-0.05, 0) is 159 Å². The number of rotatable bonds is 40. The standard InChI is InChI=1S/C22H33NO6.C21H31NO6.C20H29NO6.C15H27NO6.C10H12O3.C6H12O2.4C2H6.CH4O/c1-14(2)12-18(27-6)20(24)23-19(15(3)4)22(26)29-16(5)21(25)28-13-17-10-8-7-9-11-17;1-13(2)11-17(23)19(24)22-18(14(3)4)21(26)28-15(5)20(25)27-12-16-9-7-6-8-10-16;1-13(2)16(21-19(24)27-20(4,5)6)18(23)26-14(3)17(22)25-12-15-10-8-7-9-11-15;1-8(2)7-11(21-6)13(17)16-12(9(3)4)15(20)22-10(5)14(18)19;1-8(11)10(12)13-7-9-5-3-2-4-6-9;1-5(7)8-6(2,3)4;5*1-2/h7-11,14-16,18-19H,12-13H2,1-6H3,(H,23,24);6-10,13-15,17-18,23H,11-12H2,1-5H3,(H,22,24);7-11,13-14,16H,12H2,1-6H3,(H,21,24);8-12H,7H2,1-6H3,(H,16,17)(H,18,19);2-6,8,11H,7H2,1H3;1-4H3;4*1-2H3;2H,1H3/t16-,18+,19+;15-,17+,18+;14-,16+;10-,11+,12+;8-;;;;;;/m00000....../s1. The summed E-state index contributed by atoms with van der Waals surface area (Å²) in [5, 5.41) is 44.8. The van der Waals surface area contributed by atoms with Crippen molar-refractivity contribution in [1.29, 1.82) is 0 Å². The lowest BCUT2D eigenvalue weighted by molar-refractivity contribution is -0.169. The number of ether oxygens (including phenoxy) is 12. The van der Waals surface area contributed by atoms with Crippen molar-refractivity contribution in [3.8, 4) is 0 Å². The third-order valence-corrected chi connectivity index (χ3v) is 17.0. The van der Waals surface area contributed by atoms with Crippen molar-refractivity contribution in [3.63, 3.8) is 0 Å². The first kappa shape index (κ1) is 139. The van der Waals surface area contributed by atoms with Gasteiger partial charge in [-0.15, -0.1) is 0 Å². The van der Waals surface area contributed by atoms with Gasteiger partial charge in [0.05, 0.1) is 0 Å². The largest absolute Gasteiger partial charge is 0.479 e. The van der Waals surface area contributed by atoms with E-state index >= 15 is 0 Å². The molecule has 0 radical (unpaired) electrons. The predicted molar refractivity (Wildman–Crippen MR) is 526 cm³/mol. The molecule has 12 atom stereocenters. The van der Waals surface area contributed by atoms with E-state index in [1.165, 1.54) is 55.8 Å². The molecule has 0 fully saturated rings. The predicted octanol–water partition coefficient (Wildman–Crippen LogP) is 15.7. The van der Waals surface area contributed by atoms with Crippen LogP contribution in [-0.2, 0) is 146 Å². The van der Waals surface area contributed by atoms with Crippen molar-refractivity contribution in [1.82, 2.24) is 21.3 Å². The van der Waals surface area contributed by atoms with Crippen LogP contribution in [0, 0.1) is 41.4 Å². The summed E-state index contributed by atoms with van der Waals surface area (Å²) in [4.78, 5) is 166. The summed E-state index contributed by atoms with van der Waals surface area (Å²) in [6.45, 7) is 61.2. The Morgan fingerprint density at radius 1 is 0.314 bits per heavy atom. The highest BCUT2D eigenvalue weighted by Crippen LogP contribution is 2.19. The number of hydrogen-bond acceptors (Lipinski definition) is 29. The van der Waals surface area contributed by atoms with E-state index in [1.54, 1.807) is 76.2 Å². The molecule has 4 amide bonds. The number of nitrogens with one attached hydrogen (secondary N) is 4. The van der Waals surface area contributed by atoms with Crippen LogP contribution in [0.5, 0.6) is 0 Å². The van der Waals surface area contributed by atoms with Crippen LogP contribution in [0.1, 0.15) is 277 Å². The molecule has 0 spiro atoms. The van der Waals surface area contributed by atoms with E-state index < -0.39 is 150 Å². The van der Waals surface area contributed by atoms with Crippen LogP contribution in [0.2, 0.25) is 0 Å². The highest BCUT2D eigenvalue weighted by atomic mass is 16.6. The number of carbonyl (C=O) groups excluding carboxylic acids is 13. The molecule has 4 aromatic carbocycles. The highest BCUT2D eigenvalue weighted by Gasteiger charge is 2.37. The zero-order valence-corrected chi connectivity index (χ0v) is 88.9. The second-order valence-corrected chi connectivity index (χ2v) is 34.3. The molecule has 784 valence electrons. The summed E-state index contributed by atoms with van der Waals surface area (Å²) in [6.07, 6.45) is -7.52. The van der Waals surface area contributed by atoms with Gasteiger partial charge in [0.2, 0.25) is 17.7 Å². The number of carbonyl (C=O) groups is 14. The monoisotopic (exact) mass is 1950 g/mol. The van der Waals surface area contributed by atoms with Gasteiger partial charge in [-0.25, -0.2) is 47.9 Å². The van der Waals surface area contributed by atoms with Crippen LogP contribution < -0.4 is 21.3 Å². The normalized spacial score (nSPS) is 13.0. The fraction of sp³-hybridized carbons (Fsp3) is 0.631. The fourth-order valence-corrected chi connectivity index (χ4v) is 10.2. The summed E-state index contributed by atoms with van der Waals surface area (Å²) in [5.74, 6) is -8.74. The first-order valence-corrected chi connectivity index (χ1v) is 46.8. The number of carboxylic acid groups (broad SMARTS) is 1. The van der Waals surface area contributed by atoms with E-state index in [0.29, 0.717) is 12.8 Å². The number of aliphatic hydroxyl groups is 3. The zero-order chi connectivity index (χ0) is 108. The Balaban J connectivity index is -0.000000299. The smallest absolute Gasteiger partial charge is 0.408 e. The van der Waals surface area contributed by atoms with Crippen LogP contribution in [0.25, 0.3) is 0 Å². The number of aliphatic hydroxyl groups excluding tert-OH is 3. The average molecular weight is 1950 g/mol. The molecule has 0 unspecified atom stereocenters. The number of hydrogen-bond donors (Lipinski definition) is 8. The minimum Gasteiger partial charge on any atom is -0.479 e. The Morgan fingerprint density at radius 3 is 0.737 bits per heavy atom. The number of aliphatic carboxylic acids is 1. The number of alkyl carbamates (subject to hydrolysis) is 1. The summed E-state index contributed by atoms with van der Waals surface area (Å²) in [6, 6.07) is 33.1. The molecule has 4 aromatic rings. The van der Waals surface area contributed by atoms with Crippen molar-refractivity contribution in [2.75, 3.05) is 21.3 Å². The Kier molecular flexibility index (Phi) is 81.3. The second kappa shape index (κ2) is 80.1. The van der Waals surface area contributed by atoms with Crippen LogP contribution in [-0.4, -0.2) is 209 Å².